The van der Waals surface area contributed by atoms with E-state index in [2.05, 4.69) is 25.8 Å². The molecule has 24 heavy (non-hydrogen) atoms. The van der Waals surface area contributed by atoms with Gasteiger partial charge in [0.25, 0.3) is 0 Å². The average molecular weight is 343 g/mol. The Morgan fingerprint density at radius 1 is 1.12 bits per heavy atom. The fourth-order valence-corrected chi connectivity index (χ4v) is 2.50. The Kier molecular flexibility index (Phi) is 5.28. The van der Waals surface area contributed by atoms with Crippen LogP contribution < -0.4 is 10.6 Å². The van der Waals surface area contributed by atoms with Gasteiger partial charge in [-0.25, -0.2) is 0 Å². The van der Waals surface area contributed by atoms with E-state index in [-0.39, 0.29) is 0 Å². The van der Waals surface area contributed by atoms with Crippen LogP contribution in [0.5, 0.6) is 0 Å². The highest BCUT2D eigenvalue weighted by Crippen LogP contribution is 2.09. The standard InChI is InChI=1S/C17H19ClN6/c1-19-17(20-10-9-13-5-7-14(18)8-6-13)21-12-16-23-22-15-4-2-3-11-24(15)16/h2-8,11H,9-10,12H2,1H3,(H2,19,20,21). The van der Waals surface area contributed by atoms with Crippen molar-refractivity contribution in [3.8, 4) is 0 Å². The van der Waals surface area contributed by atoms with Crippen molar-refractivity contribution in [2.24, 2.45) is 4.99 Å². The molecule has 1 aromatic carbocycles. The van der Waals surface area contributed by atoms with E-state index in [4.69, 9.17) is 11.6 Å². The molecule has 3 aromatic rings. The van der Waals surface area contributed by atoms with Crippen molar-refractivity contribution in [3.05, 3.63) is 65.1 Å². The maximum atomic E-state index is 5.89. The van der Waals surface area contributed by atoms with E-state index in [0.29, 0.717) is 6.54 Å². The number of benzene rings is 1. The molecular weight excluding hydrogens is 324 g/mol. The first-order chi connectivity index (χ1) is 11.8. The minimum atomic E-state index is 0.547. The van der Waals surface area contributed by atoms with Crippen molar-refractivity contribution in [2.75, 3.05) is 13.6 Å². The van der Waals surface area contributed by atoms with Crippen LogP contribution in [0, 0.1) is 0 Å². The van der Waals surface area contributed by atoms with Gasteiger partial charge in [0.15, 0.2) is 17.4 Å². The highest BCUT2D eigenvalue weighted by Gasteiger charge is 2.05. The van der Waals surface area contributed by atoms with E-state index < -0.39 is 0 Å². The number of guanidine groups is 1. The summed E-state index contributed by atoms with van der Waals surface area (Å²) in [6, 6.07) is 13.7. The zero-order chi connectivity index (χ0) is 16.8. The van der Waals surface area contributed by atoms with Crippen molar-refractivity contribution < 1.29 is 0 Å². The molecular formula is C17H19ClN6. The summed E-state index contributed by atoms with van der Waals surface area (Å²) in [5, 5.41) is 15.6. The van der Waals surface area contributed by atoms with Crippen LogP contribution in [0.3, 0.4) is 0 Å². The SMILES string of the molecule is CN=C(NCCc1ccc(Cl)cc1)NCc1nnc2ccccn12. The number of hydrogen-bond acceptors (Lipinski definition) is 3. The molecule has 0 saturated heterocycles. The fourth-order valence-electron chi connectivity index (χ4n) is 2.37. The molecule has 7 heteroatoms. The van der Waals surface area contributed by atoms with Gasteiger partial charge in [-0.1, -0.05) is 29.8 Å². The Morgan fingerprint density at radius 2 is 1.96 bits per heavy atom. The monoisotopic (exact) mass is 342 g/mol. The van der Waals surface area contributed by atoms with E-state index in [1.165, 1.54) is 5.56 Å². The summed E-state index contributed by atoms with van der Waals surface area (Å²) >= 11 is 5.89. The van der Waals surface area contributed by atoms with Crippen molar-refractivity contribution in [1.29, 1.82) is 0 Å². The summed E-state index contributed by atoms with van der Waals surface area (Å²) < 4.78 is 1.95. The zero-order valence-electron chi connectivity index (χ0n) is 13.4. The summed E-state index contributed by atoms with van der Waals surface area (Å²) in [5.74, 6) is 1.57. The van der Waals surface area contributed by atoms with Crippen LogP contribution in [0.15, 0.2) is 53.7 Å². The maximum Gasteiger partial charge on any atom is 0.191 e. The summed E-state index contributed by atoms with van der Waals surface area (Å²) in [7, 11) is 1.75. The lowest BCUT2D eigenvalue weighted by atomic mass is 10.1. The van der Waals surface area contributed by atoms with Gasteiger partial charge in [-0.15, -0.1) is 10.2 Å². The van der Waals surface area contributed by atoms with Gasteiger partial charge in [0.05, 0.1) is 6.54 Å². The molecule has 0 fully saturated rings. The second kappa shape index (κ2) is 7.79. The Morgan fingerprint density at radius 3 is 2.75 bits per heavy atom. The first kappa shape index (κ1) is 16.3. The lowest BCUT2D eigenvalue weighted by Crippen LogP contribution is -2.38. The van der Waals surface area contributed by atoms with Crippen molar-refractivity contribution in [1.82, 2.24) is 25.2 Å². The third-order valence-corrected chi connectivity index (χ3v) is 3.89. The molecule has 0 aliphatic heterocycles. The molecule has 0 unspecified atom stereocenters. The number of pyridine rings is 1. The maximum absolute atomic E-state index is 5.89. The second-order valence-corrected chi connectivity index (χ2v) is 5.71. The van der Waals surface area contributed by atoms with Crippen LogP contribution in [0.1, 0.15) is 11.4 Å². The van der Waals surface area contributed by atoms with E-state index in [1.807, 2.05) is 53.1 Å². The number of fused-ring (bicyclic) bond motifs is 1. The lowest BCUT2D eigenvalue weighted by molar-refractivity contribution is 0.757. The third-order valence-electron chi connectivity index (χ3n) is 3.64. The van der Waals surface area contributed by atoms with Gasteiger partial charge in [0.1, 0.15) is 0 Å². The largest absolute Gasteiger partial charge is 0.356 e. The van der Waals surface area contributed by atoms with E-state index in [9.17, 15) is 0 Å². The molecule has 0 radical (unpaired) electrons. The average Bonchev–Trinajstić information content (AvgIpc) is 3.03. The first-order valence-corrected chi connectivity index (χ1v) is 8.11. The van der Waals surface area contributed by atoms with Gasteiger partial charge in [-0.3, -0.25) is 9.39 Å². The first-order valence-electron chi connectivity index (χ1n) is 7.74. The second-order valence-electron chi connectivity index (χ2n) is 5.27. The summed E-state index contributed by atoms with van der Waals surface area (Å²) in [6.45, 7) is 1.33. The molecule has 124 valence electrons. The Labute approximate surface area is 145 Å². The van der Waals surface area contributed by atoms with Crippen LogP contribution in [-0.4, -0.2) is 34.2 Å². The van der Waals surface area contributed by atoms with Crippen LogP contribution >= 0.6 is 11.6 Å². The number of halogens is 1. The topological polar surface area (TPSA) is 66.6 Å². The molecule has 2 aromatic heterocycles. The van der Waals surface area contributed by atoms with Gasteiger partial charge in [-0.05, 0) is 36.2 Å². The number of hydrogen-bond donors (Lipinski definition) is 2. The van der Waals surface area contributed by atoms with Gasteiger partial charge in [0.2, 0.25) is 0 Å². The Balaban J connectivity index is 1.51. The summed E-state index contributed by atoms with van der Waals surface area (Å²) in [4.78, 5) is 4.23. The molecule has 6 nitrogen and oxygen atoms in total. The molecule has 0 saturated carbocycles. The molecule has 2 heterocycles. The van der Waals surface area contributed by atoms with E-state index >= 15 is 0 Å². The molecule has 0 bridgehead atoms. The van der Waals surface area contributed by atoms with Gasteiger partial charge < -0.3 is 10.6 Å². The summed E-state index contributed by atoms with van der Waals surface area (Å²) in [5.41, 5.74) is 2.06. The Hall–Kier alpha value is -2.60. The number of rotatable bonds is 5. The van der Waals surface area contributed by atoms with Gasteiger partial charge in [0, 0.05) is 24.8 Å². The van der Waals surface area contributed by atoms with Crippen molar-refractivity contribution in [2.45, 2.75) is 13.0 Å². The van der Waals surface area contributed by atoms with Crippen LogP contribution in [0.2, 0.25) is 5.02 Å². The smallest absolute Gasteiger partial charge is 0.191 e. The zero-order valence-corrected chi connectivity index (χ0v) is 14.2. The molecule has 0 atom stereocenters. The molecule has 2 N–H and O–H groups in total. The van der Waals surface area contributed by atoms with Gasteiger partial charge in [-0.2, -0.15) is 0 Å². The van der Waals surface area contributed by atoms with Crippen LogP contribution in [-0.2, 0) is 13.0 Å². The highest BCUT2D eigenvalue weighted by atomic mass is 35.5. The summed E-state index contributed by atoms with van der Waals surface area (Å²) in [6.07, 6.45) is 2.84. The van der Waals surface area contributed by atoms with Crippen molar-refractivity contribution >= 4 is 23.2 Å². The van der Waals surface area contributed by atoms with Crippen LogP contribution in [0.25, 0.3) is 5.65 Å². The fraction of sp³-hybridized carbons (Fsp3) is 0.235. The van der Waals surface area contributed by atoms with E-state index in [1.54, 1.807) is 7.05 Å². The predicted octanol–water partition coefficient (Wildman–Crippen LogP) is 2.29. The van der Waals surface area contributed by atoms with Gasteiger partial charge >= 0.3 is 0 Å². The van der Waals surface area contributed by atoms with E-state index in [0.717, 1.165) is 35.4 Å². The quantitative estimate of drug-likeness (QED) is 0.551. The number of aliphatic imine (C=N–C) groups is 1. The number of aromatic nitrogens is 3. The lowest BCUT2D eigenvalue weighted by Gasteiger charge is -2.11. The number of nitrogens with zero attached hydrogens (tertiary/aromatic N) is 4. The third kappa shape index (κ3) is 4.02. The van der Waals surface area contributed by atoms with Crippen LogP contribution in [0.4, 0.5) is 0 Å². The minimum Gasteiger partial charge on any atom is -0.356 e. The van der Waals surface area contributed by atoms with Crippen molar-refractivity contribution in [3.63, 3.8) is 0 Å². The molecule has 3 rings (SSSR count). The molecule has 0 spiro atoms. The predicted molar refractivity (Wildman–Crippen MR) is 96.3 cm³/mol. The molecule has 0 aliphatic rings. The minimum absolute atomic E-state index is 0.547. The molecule has 0 aliphatic carbocycles. The number of nitrogens with one attached hydrogen (secondary N) is 2. The Bertz CT molecular complexity index is 824. The highest BCUT2D eigenvalue weighted by molar-refractivity contribution is 6.30. The normalized spacial score (nSPS) is 11.7. The molecule has 0 amide bonds.